The summed E-state index contributed by atoms with van der Waals surface area (Å²) in [5, 5.41) is 9.06. The van der Waals surface area contributed by atoms with Crippen molar-refractivity contribution in [2.45, 2.75) is 0 Å². The van der Waals surface area contributed by atoms with E-state index >= 15 is 0 Å². The monoisotopic (exact) mass is 491 g/mol. The zero-order valence-corrected chi connectivity index (χ0v) is 18.7. The molecule has 0 atom stereocenters. The zero-order chi connectivity index (χ0) is 22.9. The van der Waals surface area contributed by atoms with E-state index < -0.39 is 11.9 Å². The Hall–Kier alpha value is -3.89. The molecule has 0 amide bonds. The smallest absolute Gasteiger partial charge is 0.349 e. The second-order valence-corrected chi connectivity index (χ2v) is 7.36. The quantitative estimate of drug-likeness (QED) is 0.196. The van der Waals surface area contributed by atoms with E-state index in [1.54, 1.807) is 30.3 Å². The summed E-state index contributed by atoms with van der Waals surface area (Å²) in [4.78, 5) is 23.8. The summed E-state index contributed by atoms with van der Waals surface area (Å²) in [5.74, 6) is -0.575. The molecule has 0 aliphatic heterocycles. The van der Waals surface area contributed by atoms with Crippen molar-refractivity contribution in [3.05, 3.63) is 88.4 Å². The molecule has 0 fully saturated rings. The molecule has 0 saturated carbocycles. The summed E-state index contributed by atoms with van der Waals surface area (Å²) >= 11 is 3.47. The fourth-order valence-corrected chi connectivity index (χ4v) is 3.30. The Kier molecular flexibility index (Phi) is 7.79. The number of esters is 2. The van der Waals surface area contributed by atoms with Crippen molar-refractivity contribution < 1.29 is 23.8 Å². The Morgan fingerprint density at radius 2 is 1.78 bits per heavy atom. The number of nitrogens with zero attached hydrogens (tertiary/aromatic N) is 1. The zero-order valence-electron chi connectivity index (χ0n) is 17.1. The Balaban J connectivity index is 1.63. The first-order valence-electron chi connectivity index (χ1n) is 9.49. The van der Waals surface area contributed by atoms with Crippen LogP contribution in [0.25, 0.3) is 17.2 Å². The summed E-state index contributed by atoms with van der Waals surface area (Å²) in [7, 11) is 1.19. The number of carbonyl (C=O) groups is 2. The van der Waals surface area contributed by atoms with Crippen LogP contribution in [0.1, 0.15) is 5.56 Å². The van der Waals surface area contributed by atoms with Gasteiger partial charge in [0.15, 0.2) is 6.61 Å². The highest BCUT2D eigenvalue weighted by Crippen LogP contribution is 2.30. The van der Waals surface area contributed by atoms with Crippen LogP contribution in [0.4, 0.5) is 0 Å². The molecule has 32 heavy (non-hydrogen) atoms. The number of ether oxygens (including phenoxy) is 3. The third kappa shape index (κ3) is 6.06. The Morgan fingerprint density at radius 3 is 2.47 bits per heavy atom. The highest BCUT2D eigenvalue weighted by molar-refractivity contribution is 9.10. The first kappa shape index (κ1) is 22.8. The molecule has 0 saturated heterocycles. The molecule has 7 heteroatoms. The average molecular weight is 492 g/mol. The number of nitriles is 1. The molecule has 3 rings (SSSR count). The van der Waals surface area contributed by atoms with Gasteiger partial charge in [0.25, 0.3) is 0 Å². The molecule has 0 heterocycles. The fraction of sp³-hybridized carbons (Fsp3) is 0.0800. The van der Waals surface area contributed by atoms with Crippen LogP contribution in [0.2, 0.25) is 0 Å². The topological polar surface area (TPSA) is 85.6 Å². The second kappa shape index (κ2) is 10.9. The molecule has 0 bridgehead atoms. The van der Waals surface area contributed by atoms with Crippen LogP contribution in [0, 0.1) is 11.3 Å². The maximum absolute atomic E-state index is 12.2. The van der Waals surface area contributed by atoms with Gasteiger partial charge in [0, 0.05) is 0 Å². The Morgan fingerprint density at radius 1 is 1.00 bits per heavy atom. The van der Waals surface area contributed by atoms with E-state index in [0.717, 1.165) is 11.1 Å². The number of carbonyl (C=O) groups excluding carboxylic acids is 2. The van der Waals surface area contributed by atoms with Gasteiger partial charge in [0.1, 0.15) is 23.1 Å². The minimum absolute atomic E-state index is 0.164. The van der Waals surface area contributed by atoms with E-state index in [9.17, 15) is 9.59 Å². The molecular formula is C25H18BrNO5. The van der Waals surface area contributed by atoms with Gasteiger partial charge in [-0.2, -0.15) is 5.26 Å². The maximum atomic E-state index is 12.2. The lowest BCUT2D eigenvalue weighted by molar-refractivity contribution is -0.137. The van der Waals surface area contributed by atoms with Crippen molar-refractivity contribution in [3.8, 4) is 28.7 Å². The maximum Gasteiger partial charge on any atom is 0.349 e. The van der Waals surface area contributed by atoms with Crippen LogP contribution in [0.15, 0.2) is 82.8 Å². The number of halogens is 1. The third-order valence-corrected chi connectivity index (χ3v) is 4.93. The number of benzene rings is 3. The van der Waals surface area contributed by atoms with Crippen molar-refractivity contribution in [2.24, 2.45) is 0 Å². The van der Waals surface area contributed by atoms with E-state index in [1.165, 1.54) is 19.3 Å². The molecule has 0 aliphatic carbocycles. The molecular weight excluding hydrogens is 474 g/mol. The molecule has 3 aromatic carbocycles. The van der Waals surface area contributed by atoms with E-state index in [4.69, 9.17) is 14.7 Å². The standard InChI is InChI=1S/C25H18BrNO5/c1-30-25(29)20(15-27)12-17-6-5-9-21(13-17)32-24(28)16-31-23-11-10-19(14-22(23)26)18-7-3-2-4-8-18/h2-14H,16H2,1H3/b20-12+. The summed E-state index contributed by atoms with van der Waals surface area (Å²) < 4.78 is 16.2. The molecule has 0 aromatic heterocycles. The van der Waals surface area contributed by atoms with Crippen LogP contribution in [0.3, 0.4) is 0 Å². The van der Waals surface area contributed by atoms with Gasteiger partial charge in [-0.15, -0.1) is 0 Å². The van der Waals surface area contributed by atoms with Crippen molar-refractivity contribution in [1.29, 1.82) is 5.26 Å². The summed E-state index contributed by atoms with van der Waals surface area (Å²) in [5.41, 5.74) is 2.43. The number of hydrogen-bond acceptors (Lipinski definition) is 6. The summed E-state index contributed by atoms with van der Waals surface area (Å²) in [6.07, 6.45) is 1.35. The van der Waals surface area contributed by atoms with E-state index in [0.29, 0.717) is 15.8 Å². The highest BCUT2D eigenvalue weighted by Gasteiger charge is 2.11. The van der Waals surface area contributed by atoms with Crippen LogP contribution in [0.5, 0.6) is 11.5 Å². The Labute approximate surface area is 193 Å². The van der Waals surface area contributed by atoms with Crippen molar-refractivity contribution in [1.82, 2.24) is 0 Å². The predicted octanol–water partition coefficient (Wildman–Crippen LogP) is 5.18. The van der Waals surface area contributed by atoms with Crippen LogP contribution in [-0.4, -0.2) is 25.7 Å². The van der Waals surface area contributed by atoms with E-state index in [2.05, 4.69) is 20.7 Å². The van der Waals surface area contributed by atoms with Gasteiger partial charge in [-0.05, 0) is 63.0 Å². The first-order chi connectivity index (χ1) is 15.5. The lowest BCUT2D eigenvalue weighted by Gasteiger charge is -2.10. The van der Waals surface area contributed by atoms with Crippen molar-refractivity contribution in [2.75, 3.05) is 13.7 Å². The highest BCUT2D eigenvalue weighted by atomic mass is 79.9. The van der Waals surface area contributed by atoms with Crippen LogP contribution >= 0.6 is 15.9 Å². The number of rotatable bonds is 7. The third-order valence-electron chi connectivity index (χ3n) is 4.31. The van der Waals surface area contributed by atoms with E-state index in [1.807, 2.05) is 42.5 Å². The minimum Gasteiger partial charge on any atom is -0.481 e. The summed E-state index contributed by atoms with van der Waals surface area (Å²) in [6, 6.07) is 23.7. The second-order valence-electron chi connectivity index (χ2n) is 6.51. The molecule has 0 unspecified atom stereocenters. The largest absolute Gasteiger partial charge is 0.481 e. The number of methoxy groups -OCH3 is 1. The van der Waals surface area contributed by atoms with Crippen molar-refractivity contribution in [3.63, 3.8) is 0 Å². The molecule has 3 aromatic rings. The molecule has 0 N–H and O–H groups in total. The number of hydrogen-bond donors (Lipinski definition) is 0. The molecule has 0 aliphatic rings. The average Bonchev–Trinajstić information content (AvgIpc) is 2.82. The summed E-state index contributed by atoms with van der Waals surface area (Å²) in [6.45, 7) is -0.297. The van der Waals surface area contributed by atoms with Gasteiger partial charge < -0.3 is 14.2 Å². The lowest BCUT2D eigenvalue weighted by Crippen LogP contribution is -2.17. The van der Waals surface area contributed by atoms with Crippen molar-refractivity contribution >= 4 is 33.9 Å². The first-order valence-corrected chi connectivity index (χ1v) is 10.3. The van der Waals surface area contributed by atoms with Gasteiger partial charge in [-0.3, -0.25) is 0 Å². The molecule has 0 spiro atoms. The SMILES string of the molecule is COC(=O)/C(C#N)=C/c1cccc(OC(=O)COc2ccc(-c3ccccc3)cc2Br)c1. The van der Waals surface area contributed by atoms with Gasteiger partial charge in [-0.25, -0.2) is 9.59 Å². The minimum atomic E-state index is -0.743. The van der Waals surface area contributed by atoms with Crippen LogP contribution < -0.4 is 9.47 Å². The van der Waals surface area contributed by atoms with Gasteiger partial charge >= 0.3 is 11.9 Å². The van der Waals surface area contributed by atoms with Gasteiger partial charge in [0.2, 0.25) is 0 Å². The van der Waals surface area contributed by atoms with Crippen LogP contribution in [-0.2, 0) is 14.3 Å². The van der Waals surface area contributed by atoms with Gasteiger partial charge in [-0.1, -0.05) is 48.5 Å². The fourth-order valence-electron chi connectivity index (χ4n) is 2.81. The molecule has 6 nitrogen and oxygen atoms in total. The normalized spacial score (nSPS) is 10.7. The van der Waals surface area contributed by atoms with E-state index in [-0.39, 0.29) is 17.9 Å². The predicted molar refractivity (Wildman–Crippen MR) is 123 cm³/mol. The lowest BCUT2D eigenvalue weighted by atomic mass is 10.1. The molecule has 160 valence electrons. The molecule has 0 radical (unpaired) electrons. The Bertz CT molecular complexity index is 1200. The van der Waals surface area contributed by atoms with Gasteiger partial charge in [0.05, 0.1) is 11.6 Å².